The molecule has 23 heavy (non-hydrogen) atoms. The highest BCUT2D eigenvalue weighted by Crippen LogP contribution is 2.23. The Bertz CT molecular complexity index is 641. The summed E-state index contributed by atoms with van der Waals surface area (Å²) in [4.78, 5) is 23.9. The van der Waals surface area contributed by atoms with E-state index in [-0.39, 0.29) is 13.0 Å². The predicted molar refractivity (Wildman–Crippen MR) is 87.2 cm³/mol. The van der Waals surface area contributed by atoms with Gasteiger partial charge in [-0.2, -0.15) is 0 Å². The molecule has 2 aromatic carbocycles. The third-order valence-electron chi connectivity index (χ3n) is 3.16. The first kappa shape index (κ1) is 16.5. The fraction of sp³-hybridized carbons (Fsp3) is 0.176. The number of anilines is 2. The molecule has 0 aliphatic carbocycles. The van der Waals surface area contributed by atoms with Crippen LogP contribution in [-0.2, 0) is 16.2 Å². The number of benzene rings is 2. The van der Waals surface area contributed by atoms with E-state index in [0.717, 1.165) is 0 Å². The number of para-hydroxylation sites is 3. The normalized spacial score (nSPS) is 10.0. The van der Waals surface area contributed by atoms with Crippen molar-refractivity contribution < 1.29 is 19.4 Å². The predicted octanol–water partition coefficient (Wildman–Crippen LogP) is 2.15. The van der Waals surface area contributed by atoms with E-state index in [1.807, 2.05) is 0 Å². The molecule has 2 aromatic rings. The van der Waals surface area contributed by atoms with Gasteiger partial charge >= 0.3 is 0 Å². The Morgan fingerprint density at radius 3 is 2.17 bits per heavy atom. The lowest BCUT2D eigenvalue weighted by molar-refractivity contribution is -0.123. The standard InChI is InChI=1S/C17H18N2O4/c1-23-15-9-5-4-8-14(15)19-17(22)10-16(21)18-13-7-3-2-6-12(13)11-20/h2-9,20H,10-11H2,1H3,(H,18,21)(H,19,22). The molecule has 0 radical (unpaired) electrons. The first-order valence-corrected chi connectivity index (χ1v) is 7.05. The summed E-state index contributed by atoms with van der Waals surface area (Å²) in [6.07, 6.45) is -0.336. The molecule has 0 unspecified atom stereocenters. The second-order valence-electron chi connectivity index (χ2n) is 4.79. The van der Waals surface area contributed by atoms with Gasteiger partial charge in [-0.3, -0.25) is 9.59 Å². The van der Waals surface area contributed by atoms with Crippen LogP contribution in [0.5, 0.6) is 5.75 Å². The number of ether oxygens (including phenoxy) is 1. The van der Waals surface area contributed by atoms with E-state index in [1.54, 1.807) is 48.5 Å². The summed E-state index contributed by atoms with van der Waals surface area (Å²) < 4.78 is 5.13. The molecule has 0 saturated heterocycles. The first-order valence-electron chi connectivity index (χ1n) is 7.05. The molecule has 2 rings (SSSR count). The SMILES string of the molecule is COc1ccccc1NC(=O)CC(=O)Nc1ccccc1CO. The minimum atomic E-state index is -0.460. The molecule has 0 spiro atoms. The van der Waals surface area contributed by atoms with Crippen LogP contribution in [0.2, 0.25) is 0 Å². The van der Waals surface area contributed by atoms with Crippen LogP contribution in [0.1, 0.15) is 12.0 Å². The Labute approximate surface area is 134 Å². The van der Waals surface area contributed by atoms with Crippen molar-refractivity contribution in [3.8, 4) is 5.75 Å². The lowest BCUT2D eigenvalue weighted by Crippen LogP contribution is -2.22. The largest absolute Gasteiger partial charge is 0.495 e. The summed E-state index contributed by atoms with van der Waals surface area (Å²) in [5, 5.41) is 14.5. The minimum absolute atomic E-state index is 0.191. The molecule has 0 fully saturated rings. The van der Waals surface area contributed by atoms with E-state index in [9.17, 15) is 14.7 Å². The topological polar surface area (TPSA) is 87.7 Å². The van der Waals surface area contributed by atoms with Gasteiger partial charge in [-0.05, 0) is 18.2 Å². The van der Waals surface area contributed by atoms with E-state index in [2.05, 4.69) is 10.6 Å². The Kier molecular flexibility index (Phi) is 5.71. The lowest BCUT2D eigenvalue weighted by Gasteiger charge is -2.11. The number of nitrogens with one attached hydrogen (secondary N) is 2. The maximum Gasteiger partial charge on any atom is 0.233 e. The molecule has 0 bridgehead atoms. The zero-order valence-electron chi connectivity index (χ0n) is 12.7. The summed E-state index contributed by atoms with van der Waals surface area (Å²) >= 11 is 0. The second kappa shape index (κ2) is 7.95. The molecule has 0 heterocycles. The number of aliphatic hydroxyl groups excluding tert-OH is 1. The van der Waals surface area contributed by atoms with Gasteiger partial charge in [-0.15, -0.1) is 0 Å². The maximum atomic E-state index is 12.0. The average molecular weight is 314 g/mol. The molecule has 120 valence electrons. The van der Waals surface area contributed by atoms with Gasteiger partial charge in [-0.25, -0.2) is 0 Å². The van der Waals surface area contributed by atoms with Gasteiger partial charge in [0.2, 0.25) is 11.8 Å². The van der Waals surface area contributed by atoms with Crippen LogP contribution in [0, 0.1) is 0 Å². The Balaban J connectivity index is 1.96. The Morgan fingerprint density at radius 2 is 1.52 bits per heavy atom. The fourth-order valence-corrected chi connectivity index (χ4v) is 2.06. The van der Waals surface area contributed by atoms with E-state index in [0.29, 0.717) is 22.7 Å². The van der Waals surface area contributed by atoms with E-state index < -0.39 is 11.8 Å². The summed E-state index contributed by atoms with van der Waals surface area (Å²) in [5.41, 5.74) is 1.58. The van der Waals surface area contributed by atoms with E-state index >= 15 is 0 Å². The van der Waals surface area contributed by atoms with Crippen molar-refractivity contribution in [3.63, 3.8) is 0 Å². The van der Waals surface area contributed by atoms with Crippen molar-refractivity contribution in [3.05, 3.63) is 54.1 Å². The monoisotopic (exact) mass is 314 g/mol. The van der Waals surface area contributed by atoms with Crippen molar-refractivity contribution in [2.24, 2.45) is 0 Å². The minimum Gasteiger partial charge on any atom is -0.495 e. The Morgan fingerprint density at radius 1 is 0.957 bits per heavy atom. The number of rotatable bonds is 6. The molecule has 0 aromatic heterocycles. The molecule has 0 aliphatic rings. The van der Waals surface area contributed by atoms with E-state index in [1.165, 1.54) is 7.11 Å². The molecule has 0 aliphatic heterocycles. The van der Waals surface area contributed by atoms with Gasteiger partial charge < -0.3 is 20.5 Å². The van der Waals surface area contributed by atoms with Gasteiger partial charge in [0, 0.05) is 11.3 Å². The Hall–Kier alpha value is -2.86. The molecular formula is C17H18N2O4. The zero-order valence-corrected chi connectivity index (χ0v) is 12.7. The molecular weight excluding hydrogens is 296 g/mol. The van der Waals surface area contributed by atoms with Crippen LogP contribution in [0.3, 0.4) is 0 Å². The van der Waals surface area contributed by atoms with Gasteiger partial charge in [0.1, 0.15) is 12.2 Å². The van der Waals surface area contributed by atoms with Crippen LogP contribution in [0.25, 0.3) is 0 Å². The lowest BCUT2D eigenvalue weighted by atomic mass is 10.2. The summed E-state index contributed by atoms with van der Waals surface area (Å²) in [7, 11) is 1.50. The molecule has 0 saturated carbocycles. The number of amides is 2. The number of aliphatic hydroxyl groups is 1. The fourth-order valence-electron chi connectivity index (χ4n) is 2.06. The van der Waals surface area contributed by atoms with Gasteiger partial charge in [0.15, 0.2) is 0 Å². The van der Waals surface area contributed by atoms with Crippen molar-refractivity contribution >= 4 is 23.2 Å². The van der Waals surface area contributed by atoms with Crippen LogP contribution in [-0.4, -0.2) is 24.0 Å². The van der Waals surface area contributed by atoms with E-state index in [4.69, 9.17) is 4.74 Å². The second-order valence-corrected chi connectivity index (χ2v) is 4.79. The summed E-state index contributed by atoms with van der Waals surface area (Å²) in [5.74, 6) is -0.390. The van der Waals surface area contributed by atoms with Crippen LogP contribution in [0.15, 0.2) is 48.5 Å². The van der Waals surface area contributed by atoms with Crippen molar-refractivity contribution in [1.29, 1.82) is 0 Å². The molecule has 6 nitrogen and oxygen atoms in total. The highest BCUT2D eigenvalue weighted by atomic mass is 16.5. The third kappa shape index (κ3) is 4.55. The highest BCUT2D eigenvalue weighted by Gasteiger charge is 2.13. The van der Waals surface area contributed by atoms with Crippen molar-refractivity contribution in [2.75, 3.05) is 17.7 Å². The van der Waals surface area contributed by atoms with Crippen LogP contribution >= 0.6 is 0 Å². The van der Waals surface area contributed by atoms with Crippen molar-refractivity contribution in [1.82, 2.24) is 0 Å². The summed E-state index contributed by atoms with van der Waals surface area (Å²) in [6.45, 7) is -0.191. The van der Waals surface area contributed by atoms with Crippen LogP contribution in [0.4, 0.5) is 11.4 Å². The average Bonchev–Trinajstić information content (AvgIpc) is 2.55. The quantitative estimate of drug-likeness (QED) is 0.713. The molecule has 2 amide bonds. The number of carbonyl (C=O) groups excluding carboxylic acids is 2. The van der Waals surface area contributed by atoms with Crippen LogP contribution < -0.4 is 15.4 Å². The zero-order chi connectivity index (χ0) is 16.7. The number of hydrogen-bond donors (Lipinski definition) is 3. The van der Waals surface area contributed by atoms with Gasteiger partial charge in [-0.1, -0.05) is 30.3 Å². The molecule has 6 heteroatoms. The number of carbonyl (C=O) groups is 2. The smallest absolute Gasteiger partial charge is 0.233 e. The van der Waals surface area contributed by atoms with Crippen molar-refractivity contribution in [2.45, 2.75) is 13.0 Å². The number of methoxy groups -OCH3 is 1. The van der Waals surface area contributed by atoms with Gasteiger partial charge in [0.05, 0.1) is 19.4 Å². The number of hydrogen-bond acceptors (Lipinski definition) is 4. The third-order valence-corrected chi connectivity index (χ3v) is 3.16. The first-order chi connectivity index (χ1) is 11.1. The molecule has 3 N–H and O–H groups in total. The highest BCUT2D eigenvalue weighted by molar-refractivity contribution is 6.08. The molecule has 0 atom stereocenters. The van der Waals surface area contributed by atoms with Gasteiger partial charge in [0.25, 0.3) is 0 Å². The maximum absolute atomic E-state index is 12.0. The summed E-state index contributed by atoms with van der Waals surface area (Å²) in [6, 6.07) is 13.8.